The van der Waals surface area contributed by atoms with Crippen molar-refractivity contribution in [1.29, 1.82) is 0 Å². The minimum atomic E-state index is -2.84. The lowest BCUT2D eigenvalue weighted by atomic mass is 10.1. The van der Waals surface area contributed by atoms with E-state index in [4.69, 9.17) is 29.9 Å². The molecule has 4 rings (SSSR count). The van der Waals surface area contributed by atoms with Crippen molar-refractivity contribution >= 4 is 40.1 Å². The second-order valence-corrected chi connectivity index (χ2v) is 20.5. The standard InChI is InChI=1S/C23H42N4O5SSi2/c1-13(2)34(14(3)4)29-10-17-20(31-35(32-34,15(5)6)16(7)8)19(28)22(30-17)27-12-24-18-21(27)25-11-26(9)23(18)33/h12-17,19-20,22,25,28H,10-11H2,1-9H3/t17-,19-,20-,22-/m1/s1. The van der Waals surface area contributed by atoms with E-state index in [1.807, 2.05) is 16.5 Å². The Morgan fingerprint density at radius 3 is 2.23 bits per heavy atom. The van der Waals surface area contributed by atoms with Crippen molar-refractivity contribution in [3.63, 3.8) is 0 Å². The van der Waals surface area contributed by atoms with Crippen LogP contribution >= 0.6 is 12.2 Å². The Labute approximate surface area is 217 Å². The number of thiocarbonyl (C=S) groups is 1. The molecule has 0 bridgehead atoms. The average molecular weight is 543 g/mol. The highest BCUT2D eigenvalue weighted by atomic mass is 32.1. The Kier molecular flexibility index (Phi) is 7.60. The normalized spacial score (nSPS) is 30.5. The highest BCUT2D eigenvalue weighted by Gasteiger charge is 2.61. The van der Waals surface area contributed by atoms with E-state index in [-0.39, 0.29) is 22.2 Å². The Morgan fingerprint density at radius 1 is 1.06 bits per heavy atom. The van der Waals surface area contributed by atoms with E-state index >= 15 is 0 Å². The summed E-state index contributed by atoms with van der Waals surface area (Å²) in [5, 5.41) is 14.9. The maximum atomic E-state index is 11.6. The van der Waals surface area contributed by atoms with Gasteiger partial charge in [-0.15, -0.1) is 0 Å². The third kappa shape index (κ3) is 4.33. The maximum Gasteiger partial charge on any atom is 0.335 e. The van der Waals surface area contributed by atoms with Crippen LogP contribution in [-0.4, -0.2) is 80.3 Å². The number of hydrogen-bond acceptors (Lipinski definition) is 8. The Bertz CT molecular complexity index is 927. The van der Waals surface area contributed by atoms with Crippen LogP contribution in [0.25, 0.3) is 0 Å². The summed E-state index contributed by atoms with van der Waals surface area (Å²) >= 11 is 5.56. The zero-order valence-corrected chi connectivity index (χ0v) is 25.3. The molecule has 2 fully saturated rings. The highest BCUT2D eigenvalue weighted by Crippen LogP contribution is 2.48. The lowest BCUT2D eigenvalue weighted by molar-refractivity contribution is -0.0576. The zero-order chi connectivity index (χ0) is 25.9. The van der Waals surface area contributed by atoms with Crippen LogP contribution in [0, 0.1) is 0 Å². The lowest BCUT2D eigenvalue weighted by Gasteiger charge is -2.51. The number of nitrogens with zero attached hydrogens (tertiary/aromatic N) is 3. The molecule has 9 nitrogen and oxygen atoms in total. The molecule has 12 heteroatoms. The molecule has 4 atom stereocenters. The zero-order valence-electron chi connectivity index (χ0n) is 22.4. The van der Waals surface area contributed by atoms with Crippen molar-refractivity contribution in [2.45, 2.75) is 102 Å². The Hall–Kier alpha value is -0.866. The first-order chi connectivity index (χ1) is 16.4. The number of ether oxygens (including phenoxy) is 1. The number of aromatic nitrogens is 2. The molecule has 3 aliphatic heterocycles. The predicted molar refractivity (Wildman–Crippen MR) is 144 cm³/mol. The van der Waals surface area contributed by atoms with Crippen molar-refractivity contribution in [3.8, 4) is 0 Å². The summed E-state index contributed by atoms with van der Waals surface area (Å²) in [6.45, 7) is 18.4. The summed E-state index contributed by atoms with van der Waals surface area (Å²) in [5.41, 5.74) is 1.54. The van der Waals surface area contributed by atoms with Crippen molar-refractivity contribution in [2.24, 2.45) is 0 Å². The van der Waals surface area contributed by atoms with Crippen LogP contribution in [0.2, 0.25) is 22.2 Å². The highest BCUT2D eigenvalue weighted by molar-refractivity contribution is 7.80. The number of fused-ring (bicyclic) bond motifs is 2. The van der Waals surface area contributed by atoms with Crippen LogP contribution in [-0.2, 0) is 17.7 Å². The van der Waals surface area contributed by atoms with Crippen LogP contribution in [0.3, 0.4) is 0 Å². The second-order valence-electron chi connectivity index (χ2n) is 11.3. The third-order valence-corrected chi connectivity index (χ3v) is 18.5. The lowest BCUT2D eigenvalue weighted by Crippen LogP contribution is -2.65. The smallest absolute Gasteiger partial charge is 0.335 e. The second kappa shape index (κ2) is 9.78. The van der Waals surface area contributed by atoms with E-state index in [0.717, 1.165) is 5.82 Å². The maximum absolute atomic E-state index is 11.6. The molecular formula is C23H42N4O5SSi2. The largest absolute Gasteiger partial charge is 0.414 e. The summed E-state index contributed by atoms with van der Waals surface area (Å²) in [4.78, 5) is 7.11. The summed E-state index contributed by atoms with van der Waals surface area (Å²) < 4.78 is 29.4. The first kappa shape index (κ1) is 27.2. The number of nitrogens with one attached hydrogen (secondary N) is 1. The molecule has 1 aromatic rings. The molecule has 2 saturated heterocycles. The average Bonchev–Trinajstić information content (AvgIpc) is 3.31. The summed E-state index contributed by atoms with van der Waals surface area (Å²) in [5.74, 6) is 0.757. The van der Waals surface area contributed by atoms with Crippen molar-refractivity contribution < 1.29 is 22.8 Å². The Morgan fingerprint density at radius 2 is 1.66 bits per heavy atom. The first-order valence-electron chi connectivity index (χ1n) is 12.8. The molecule has 4 heterocycles. The van der Waals surface area contributed by atoms with Gasteiger partial charge in [0.1, 0.15) is 34.8 Å². The number of aliphatic hydroxyl groups is 1. The van der Waals surface area contributed by atoms with Gasteiger partial charge in [-0.1, -0.05) is 67.6 Å². The number of hydrogen-bond donors (Lipinski definition) is 2. The molecule has 0 radical (unpaired) electrons. The minimum absolute atomic E-state index is 0.177. The molecule has 0 spiro atoms. The van der Waals surface area contributed by atoms with E-state index in [0.29, 0.717) is 24.0 Å². The molecule has 1 aromatic heterocycles. The third-order valence-electron chi connectivity index (χ3n) is 7.74. The Balaban J connectivity index is 1.73. The molecule has 3 aliphatic rings. The summed E-state index contributed by atoms with van der Waals surface area (Å²) in [7, 11) is -3.59. The fourth-order valence-corrected chi connectivity index (χ4v) is 17.1. The first-order valence-corrected chi connectivity index (χ1v) is 17.1. The van der Waals surface area contributed by atoms with Gasteiger partial charge < -0.3 is 33.0 Å². The van der Waals surface area contributed by atoms with E-state index in [2.05, 4.69) is 65.7 Å². The van der Waals surface area contributed by atoms with Gasteiger partial charge in [-0.25, -0.2) is 4.98 Å². The predicted octanol–water partition coefficient (Wildman–Crippen LogP) is 4.09. The van der Waals surface area contributed by atoms with Crippen LogP contribution in [0.5, 0.6) is 0 Å². The van der Waals surface area contributed by atoms with Gasteiger partial charge in [0.25, 0.3) is 0 Å². The van der Waals surface area contributed by atoms with E-state index in [1.165, 1.54) is 0 Å². The molecule has 2 N–H and O–H groups in total. The minimum Gasteiger partial charge on any atom is -0.414 e. The molecule has 0 unspecified atom stereocenters. The molecular weight excluding hydrogens is 501 g/mol. The molecule has 35 heavy (non-hydrogen) atoms. The fourth-order valence-electron chi connectivity index (χ4n) is 5.70. The molecule has 0 saturated carbocycles. The van der Waals surface area contributed by atoms with Crippen molar-refractivity contribution in [1.82, 2.24) is 14.5 Å². The SMILES string of the molecule is CC(C)[Si]1(C(C)C)OC[C@H]2O[C@@H](n3cnc4c3NCN(C)C4=S)[C@H](O)[C@@H]2O[Si](C(C)C)(C(C)C)O1. The quantitative estimate of drug-likeness (QED) is 0.422. The van der Waals surface area contributed by atoms with Crippen molar-refractivity contribution in [3.05, 3.63) is 12.0 Å². The number of aliphatic hydroxyl groups excluding tert-OH is 1. The number of rotatable bonds is 5. The number of anilines is 1. The van der Waals surface area contributed by atoms with Crippen molar-refractivity contribution in [2.75, 3.05) is 25.6 Å². The van der Waals surface area contributed by atoms with Gasteiger partial charge in [0.05, 0.1) is 19.6 Å². The monoisotopic (exact) mass is 542 g/mol. The van der Waals surface area contributed by atoms with Crippen LogP contribution in [0.1, 0.15) is 67.3 Å². The molecule has 0 amide bonds. The number of imidazole rings is 1. The van der Waals surface area contributed by atoms with Crippen LogP contribution in [0.15, 0.2) is 6.33 Å². The van der Waals surface area contributed by atoms with E-state index in [1.54, 1.807) is 6.33 Å². The molecule has 198 valence electrons. The summed E-state index contributed by atoms with van der Waals surface area (Å²) in [6.07, 6.45) is -0.855. The van der Waals surface area contributed by atoms with Gasteiger partial charge in [-0.2, -0.15) is 0 Å². The van der Waals surface area contributed by atoms with E-state index < -0.39 is 41.7 Å². The molecule has 0 aliphatic carbocycles. The van der Waals surface area contributed by atoms with E-state index in [9.17, 15) is 5.11 Å². The molecule has 0 aromatic carbocycles. The fraction of sp³-hybridized carbons (Fsp3) is 0.826. The van der Waals surface area contributed by atoms with Gasteiger partial charge >= 0.3 is 17.1 Å². The topological polar surface area (TPSA) is 90.2 Å². The van der Waals surface area contributed by atoms with Gasteiger partial charge in [0.15, 0.2) is 6.23 Å². The van der Waals surface area contributed by atoms with Crippen LogP contribution < -0.4 is 5.32 Å². The van der Waals surface area contributed by atoms with Crippen LogP contribution in [0.4, 0.5) is 5.82 Å². The van der Waals surface area contributed by atoms with Gasteiger partial charge in [-0.05, 0) is 22.2 Å². The van der Waals surface area contributed by atoms with Gasteiger partial charge in [0, 0.05) is 7.05 Å². The van der Waals surface area contributed by atoms with Gasteiger partial charge in [0.2, 0.25) is 0 Å². The summed E-state index contributed by atoms with van der Waals surface area (Å²) in [6, 6.07) is 0. The van der Waals surface area contributed by atoms with Gasteiger partial charge in [-0.3, -0.25) is 4.57 Å².